The first-order valence-electron chi connectivity index (χ1n) is 4.18. The van der Waals surface area contributed by atoms with Crippen LogP contribution in [0.3, 0.4) is 0 Å². The first-order valence-corrected chi connectivity index (χ1v) is 9.76. The van der Waals surface area contributed by atoms with Gasteiger partial charge in [-0.15, -0.1) is 7.92 Å². The molecule has 0 spiro atoms. The highest BCUT2D eigenvalue weighted by atomic mass is 31.1. The van der Waals surface area contributed by atoms with E-state index in [1.165, 1.54) is 12.2 Å². The smallest absolute Gasteiger partial charge is 0.122 e. The molecular formula is C8H22NPSi. The third kappa shape index (κ3) is 4.94. The van der Waals surface area contributed by atoms with Crippen LogP contribution < -0.4 is 0 Å². The molecule has 1 nitrogen and oxygen atoms in total. The molecule has 0 radical (unpaired) electrons. The van der Waals surface area contributed by atoms with Gasteiger partial charge in [-0.05, 0) is 39.6 Å². The number of nitrogens with zero attached hydrogens (tertiary/aromatic N) is 1. The SMILES string of the molecule is CN(C)[Si](C)(C)CCP(C)C. The van der Waals surface area contributed by atoms with Gasteiger partial charge in [0.05, 0.1) is 0 Å². The monoisotopic (exact) mass is 191 g/mol. The van der Waals surface area contributed by atoms with Gasteiger partial charge in [0.25, 0.3) is 0 Å². The molecule has 0 atom stereocenters. The zero-order valence-electron chi connectivity index (χ0n) is 8.81. The lowest BCUT2D eigenvalue weighted by molar-refractivity contribution is 0.619. The van der Waals surface area contributed by atoms with Crippen LogP contribution in [0.15, 0.2) is 0 Å². The standard InChI is InChI=1S/C8H22NPSi/c1-9(2)11(5,6)8-7-10(3)4/h7-8H2,1-6H3. The van der Waals surface area contributed by atoms with Gasteiger partial charge in [0.15, 0.2) is 0 Å². The van der Waals surface area contributed by atoms with Crippen molar-refractivity contribution in [3.8, 4) is 0 Å². The summed E-state index contributed by atoms with van der Waals surface area (Å²) >= 11 is 0. The topological polar surface area (TPSA) is 3.24 Å². The first-order chi connectivity index (χ1) is 4.86. The van der Waals surface area contributed by atoms with Crippen molar-refractivity contribution in [1.29, 1.82) is 0 Å². The quantitative estimate of drug-likeness (QED) is 0.487. The predicted octanol–water partition coefficient (Wildman–Crippen LogP) is 2.49. The highest BCUT2D eigenvalue weighted by molar-refractivity contribution is 7.56. The fourth-order valence-corrected chi connectivity index (χ4v) is 5.15. The van der Waals surface area contributed by atoms with E-state index < -0.39 is 8.24 Å². The normalized spacial score (nSPS) is 13.1. The van der Waals surface area contributed by atoms with Crippen molar-refractivity contribution in [3.63, 3.8) is 0 Å². The van der Waals surface area contributed by atoms with Gasteiger partial charge < -0.3 is 4.57 Å². The van der Waals surface area contributed by atoms with Crippen LogP contribution >= 0.6 is 7.92 Å². The second-order valence-corrected chi connectivity index (χ2v) is 11.9. The van der Waals surface area contributed by atoms with Crippen molar-refractivity contribution in [3.05, 3.63) is 0 Å². The van der Waals surface area contributed by atoms with Crippen LogP contribution in [0.4, 0.5) is 0 Å². The van der Waals surface area contributed by atoms with E-state index in [-0.39, 0.29) is 0 Å². The Labute approximate surface area is 74.0 Å². The molecule has 0 fully saturated rings. The van der Waals surface area contributed by atoms with E-state index in [0.29, 0.717) is 7.92 Å². The summed E-state index contributed by atoms with van der Waals surface area (Å²) in [5.41, 5.74) is 0. The van der Waals surface area contributed by atoms with Gasteiger partial charge >= 0.3 is 0 Å². The fraction of sp³-hybridized carbons (Fsp3) is 1.00. The van der Waals surface area contributed by atoms with Crippen LogP contribution in [0.1, 0.15) is 0 Å². The molecule has 0 bridgehead atoms. The van der Waals surface area contributed by atoms with Gasteiger partial charge in [-0.3, -0.25) is 0 Å². The van der Waals surface area contributed by atoms with E-state index in [1.807, 2.05) is 0 Å². The van der Waals surface area contributed by atoms with Crippen LogP contribution in [-0.2, 0) is 0 Å². The molecule has 0 unspecified atom stereocenters. The van der Waals surface area contributed by atoms with E-state index in [0.717, 1.165) is 0 Å². The summed E-state index contributed by atoms with van der Waals surface area (Å²) in [6.07, 6.45) is 1.45. The molecule has 0 rings (SSSR count). The molecule has 11 heavy (non-hydrogen) atoms. The lowest BCUT2D eigenvalue weighted by Gasteiger charge is -2.30. The second-order valence-electron chi connectivity index (χ2n) is 4.26. The van der Waals surface area contributed by atoms with Gasteiger partial charge in [-0.2, -0.15) is 0 Å². The third-order valence-electron chi connectivity index (χ3n) is 2.38. The summed E-state index contributed by atoms with van der Waals surface area (Å²) in [4.78, 5) is 0. The zero-order valence-corrected chi connectivity index (χ0v) is 10.7. The summed E-state index contributed by atoms with van der Waals surface area (Å²) in [6.45, 7) is 9.64. The zero-order chi connectivity index (χ0) is 9.07. The number of hydrogen-bond acceptors (Lipinski definition) is 1. The fourth-order valence-electron chi connectivity index (χ4n) is 0.721. The molecule has 0 saturated heterocycles. The van der Waals surface area contributed by atoms with E-state index in [4.69, 9.17) is 0 Å². The molecule has 0 N–H and O–H groups in total. The van der Waals surface area contributed by atoms with Gasteiger partial charge in [0.1, 0.15) is 8.24 Å². The van der Waals surface area contributed by atoms with Crippen LogP contribution in [0.25, 0.3) is 0 Å². The van der Waals surface area contributed by atoms with E-state index in [2.05, 4.69) is 45.1 Å². The minimum absolute atomic E-state index is 0.318. The van der Waals surface area contributed by atoms with Crippen molar-refractivity contribution in [2.24, 2.45) is 0 Å². The van der Waals surface area contributed by atoms with Crippen molar-refractivity contribution < 1.29 is 0 Å². The summed E-state index contributed by atoms with van der Waals surface area (Å²) < 4.78 is 2.45. The van der Waals surface area contributed by atoms with E-state index in [1.54, 1.807) is 0 Å². The predicted molar refractivity (Wildman–Crippen MR) is 59.6 cm³/mol. The van der Waals surface area contributed by atoms with Crippen molar-refractivity contribution in [1.82, 2.24) is 4.57 Å². The first kappa shape index (κ1) is 11.6. The van der Waals surface area contributed by atoms with E-state index in [9.17, 15) is 0 Å². The highest BCUT2D eigenvalue weighted by Gasteiger charge is 2.23. The molecule has 0 heterocycles. The van der Waals surface area contributed by atoms with Gasteiger partial charge in [0.2, 0.25) is 0 Å². The lowest BCUT2D eigenvalue weighted by atomic mass is 10.9. The van der Waals surface area contributed by atoms with Crippen LogP contribution in [0, 0.1) is 0 Å². The molecular weight excluding hydrogens is 169 g/mol. The Kier molecular flexibility index (Phi) is 4.84. The molecule has 0 aromatic carbocycles. The summed E-state index contributed by atoms with van der Waals surface area (Å²) in [5, 5.41) is 0. The number of rotatable bonds is 4. The van der Waals surface area contributed by atoms with Gasteiger partial charge in [-0.1, -0.05) is 13.1 Å². The lowest BCUT2D eigenvalue weighted by Crippen LogP contribution is -2.43. The minimum atomic E-state index is -0.994. The Hall–Kier alpha value is 0.607. The van der Waals surface area contributed by atoms with Crippen molar-refractivity contribution >= 4 is 16.2 Å². The molecule has 0 aromatic heterocycles. The maximum atomic E-state index is 2.45. The molecule has 68 valence electrons. The summed E-state index contributed by atoms with van der Waals surface area (Å²) in [7, 11) is 3.77. The average Bonchev–Trinajstić information content (AvgIpc) is 1.84. The highest BCUT2D eigenvalue weighted by Crippen LogP contribution is 2.28. The van der Waals surface area contributed by atoms with Gasteiger partial charge in [0, 0.05) is 0 Å². The van der Waals surface area contributed by atoms with E-state index >= 15 is 0 Å². The molecule has 0 aliphatic carbocycles. The van der Waals surface area contributed by atoms with Crippen LogP contribution in [0.5, 0.6) is 0 Å². The summed E-state index contributed by atoms with van der Waals surface area (Å²) in [6, 6.07) is 1.46. The molecule has 0 aromatic rings. The van der Waals surface area contributed by atoms with Gasteiger partial charge in [-0.25, -0.2) is 0 Å². The maximum Gasteiger partial charge on any atom is 0.122 e. The molecule has 0 amide bonds. The minimum Gasteiger partial charge on any atom is -0.329 e. The van der Waals surface area contributed by atoms with Crippen LogP contribution in [0.2, 0.25) is 19.1 Å². The molecule has 0 aliphatic heterocycles. The average molecular weight is 191 g/mol. The third-order valence-corrected chi connectivity index (χ3v) is 7.82. The molecule has 0 aliphatic rings. The van der Waals surface area contributed by atoms with Crippen LogP contribution in [-0.4, -0.2) is 46.4 Å². The second kappa shape index (κ2) is 4.59. The maximum absolute atomic E-state index is 2.45. The molecule has 3 heteroatoms. The van der Waals surface area contributed by atoms with Crippen molar-refractivity contribution in [2.45, 2.75) is 19.1 Å². The Morgan fingerprint density at radius 1 is 1.18 bits per heavy atom. The number of hydrogen-bond donors (Lipinski definition) is 0. The Morgan fingerprint density at radius 2 is 1.64 bits per heavy atom. The summed E-state index contributed by atoms with van der Waals surface area (Å²) in [5.74, 6) is 0. The Balaban J connectivity index is 3.73. The largest absolute Gasteiger partial charge is 0.329 e. The Morgan fingerprint density at radius 3 is 1.91 bits per heavy atom. The van der Waals surface area contributed by atoms with Crippen molar-refractivity contribution in [2.75, 3.05) is 33.6 Å². The molecule has 0 saturated carbocycles. The Bertz CT molecular complexity index is 113.